The third kappa shape index (κ3) is 1.94. The third-order valence-corrected chi connectivity index (χ3v) is 6.14. The van der Waals surface area contributed by atoms with Gasteiger partial charge in [-0.15, -0.1) is 0 Å². The van der Waals surface area contributed by atoms with Gasteiger partial charge >= 0.3 is 0 Å². The molecule has 1 nitrogen and oxygen atoms in total. The Balaban J connectivity index is 1.99. The monoisotopic (exact) mass is 400 g/mol. The van der Waals surface area contributed by atoms with Crippen LogP contribution in [0.1, 0.15) is 22.3 Å². The van der Waals surface area contributed by atoms with Gasteiger partial charge in [-0.05, 0) is 40.5 Å². The quantitative estimate of drug-likeness (QED) is 0.404. The van der Waals surface area contributed by atoms with Crippen LogP contribution in [0.4, 0.5) is 0 Å². The molecule has 0 saturated carbocycles. The zero-order valence-corrected chi connectivity index (χ0v) is 15.9. The van der Waals surface area contributed by atoms with E-state index in [-0.39, 0.29) is 0 Å². The third-order valence-electron chi connectivity index (χ3n) is 5.48. The maximum Gasteiger partial charge on any atom is 0.143 e. The van der Waals surface area contributed by atoms with E-state index < -0.39 is 5.60 Å². The number of hydrogen-bond donors (Lipinski definition) is 1. The van der Waals surface area contributed by atoms with E-state index in [1.807, 2.05) is 42.5 Å². The van der Waals surface area contributed by atoms with Crippen LogP contribution in [0.25, 0.3) is 21.9 Å². The van der Waals surface area contributed by atoms with Gasteiger partial charge in [0.1, 0.15) is 5.60 Å². The van der Waals surface area contributed by atoms with Crippen molar-refractivity contribution in [3.05, 3.63) is 106 Å². The molecular weight excluding hydrogens is 384 g/mol. The Morgan fingerprint density at radius 2 is 1.46 bits per heavy atom. The summed E-state index contributed by atoms with van der Waals surface area (Å²) in [5, 5.41) is 14.5. The predicted octanol–water partition coefficient (Wildman–Crippen LogP) is 6.18. The maximum atomic E-state index is 12.3. The molecule has 0 bridgehead atoms. The van der Waals surface area contributed by atoms with Gasteiger partial charge in [0, 0.05) is 21.2 Å². The molecule has 1 N–H and O–H groups in total. The van der Waals surface area contributed by atoms with E-state index in [0.29, 0.717) is 0 Å². The van der Waals surface area contributed by atoms with Gasteiger partial charge in [0.15, 0.2) is 0 Å². The summed E-state index contributed by atoms with van der Waals surface area (Å²) in [7, 11) is 0. The van der Waals surface area contributed by atoms with Gasteiger partial charge in [0.2, 0.25) is 0 Å². The second kappa shape index (κ2) is 5.54. The number of halogens is 1. The van der Waals surface area contributed by atoms with Crippen LogP contribution in [0.2, 0.25) is 0 Å². The minimum Gasteiger partial charge on any atom is -0.376 e. The van der Waals surface area contributed by atoms with E-state index in [0.717, 1.165) is 48.6 Å². The summed E-state index contributed by atoms with van der Waals surface area (Å²) < 4.78 is 0.932. The molecule has 2 heteroatoms. The molecule has 126 valence electrons. The SMILES string of the molecule is Cc1ccc2ccccc2c1C1(O)c2ccccc2-c2cccc(Br)c21. The summed E-state index contributed by atoms with van der Waals surface area (Å²) in [4.78, 5) is 0. The molecule has 0 aromatic heterocycles. The van der Waals surface area contributed by atoms with Gasteiger partial charge in [-0.1, -0.05) is 88.7 Å². The molecule has 4 aromatic rings. The lowest BCUT2D eigenvalue weighted by atomic mass is 9.79. The van der Waals surface area contributed by atoms with E-state index in [4.69, 9.17) is 0 Å². The first-order valence-corrected chi connectivity index (χ1v) is 9.51. The highest BCUT2D eigenvalue weighted by atomic mass is 79.9. The van der Waals surface area contributed by atoms with Crippen LogP contribution in [-0.2, 0) is 5.60 Å². The van der Waals surface area contributed by atoms with Crippen LogP contribution < -0.4 is 0 Å². The summed E-state index contributed by atoms with van der Waals surface area (Å²) in [6, 6.07) is 26.8. The number of aryl methyl sites for hydroxylation is 1. The van der Waals surface area contributed by atoms with Gasteiger partial charge in [0.05, 0.1) is 0 Å². The van der Waals surface area contributed by atoms with Crippen molar-refractivity contribution < 1.29 is 5.11 Å². The van der Waals surface area contributed by atoms with Crippen molar-refractivity contribution in [2.75, 3.05) is 0 Å². The predicted molar refractivity (Wildman–Crippen MR) is 110 cm³/mol. The molecule has 0 spiro atoms. The first kappa shape index (κ1) is 15.8. The van der Waals surface area contributed by atoms with Gasteiger partial charge in [-0.2, -0.15) is 0 Å². The van der Waals surface area contributed by atoms with Gasteiger partial charge in [-0.25, -0.2) is 0 Å². The van der Waals surface area contributed by atoms with Gasteiger partial charge in [0.25, 0.3) is 0 Å². The van der Waals surface area contributed by atoms with Crippen LogP contribution in [0.15, 0.2) is 83.3 Å². The maximum absolute atomic E-state index is 12.3. The lowest BCUT2D eigenvalue weighted by Gasteiger charge is -2.30. The fourth-order valence-corrected chi connectivity index (χ4v) is 5.06. The molecule has 0 amide bonds. The minimum atomic E-state index is -1.18. The number of hydrogen-bond acceptors (Lipinski definition) is 1. The molecule has 0 radical (unpaired) electrons. The highest BCUT2D eigenvalue weighted by Crippen LogP contribution is 2.54. The van der Waals surface area contributed by atoms with Crippen molar-refractivity contribution in [1.29, 1.82) is 0 Å². The minimum absolute atomic E-state index is 0.931. The Kier molecular flexibility index (Phi) is 3.37. The molecule has 1 unspecified atom stereocenters. The van der Waals surface area contributed by atoms with E-state index >= 15 is 0 Å². The van der Waals surface area contributed by atoms with E-state index in [1.54, 1.807) is 0 Å². The van der Waals surface area contributed by atoms with Crippen LogP contribution in [-0.4, -0.2) is 5.11 Å². The Morgan fingerprint density at radius 1 is 0.731 bits per heavy atom. The van der Waals surface area contributed by atoms with Gasteiger partial charge in [-0.3, -0.25) is 0 Å². The lowest BCUT2D eigenvalue weighted by Crippen LogP contribution is -2.28. The van der Waals surface area contributed by atoms with Crippen molar-refractivity contribution in [2.24, 2.45) is 0 Å². The molecule has 4 aromatic carbocycles. The Morgan fingerprint density at radius 3 is 2.35 bits per heavy atom. The highest BCUT2D eigenvalue weighted by Gasteiger charge is 2.45. The first-order chi connectivity index (χ1) is 12.6. The molecule has 0 saturated heterocycles. The number of benzene rings is 4. The summed E-state index contributed by atoms with van der Waals surface area (Å²) in [5.41, 5.74) is 4.93. The molecule has 26 heavy (non-hydrogen) atoms. The molecule has 1 aliphatic carbocycles. The van der Waals surface area contributed by atoms with Crippen LogP contribution in [0.3, 0.4) is 0 Å². The first-order valence-electron chi connectivity index (χ1n) is 8.72. The molecule has 1 aliphatic rings. The summed E-state index contributed by atoms with van der Waals surface area (Å²) in [6.07, 6.45) is 0. The molecule has 1 atom stereocenters. The number of aliphatic hydroxyl groups is 1. The number of fused-ring (bicyclic) bond motifs is 4. The van der Waals surface area contributed by atoms with E-state index in [9.17, 15) is 5.11 Å². The highest BCUT2D eigenvalue weighted by molar-refractivity contribution is 9.10. The van der Waals surface area contributed by atoms with E-state index in [2.05, 4.69) is 59.3 Å². The average Bonchev–Trinajstić information content (AvgIpc) is 2.93. The second-order valence-electron chi connectivity index (χ2n) is 6.90. The Hall–Kier alpha value is -2.42. The summed E-state index contributed by atoms with van der Waals surface area (Å²) >= 11 is 3.71. The molecular formula is C24H17BrO. The largest absolute Gasteiger partial charge is 0.376 e. The lowest BCUT2D eigenvalue weighted by molar-refractivity contribution is 0.131. The molecule has 0 fully saturated rings. The standard InChI is InChI=1S/C24H17BrO/c1-15-13-14-16-7-2-3-8-17(16)22(15)24(26)20-11-5-4-9-18(20)19-10-6-12-21(25)23(19)24/h2-14,26H,1H3. The van der Waals surface area contributed by atoms with E-state index in [1.165, 1.54) is 0 Å². The summed E-state index contributed by atoms with van der Waals surface area (Å²) in [5.74, 6) is 0. The van der Waals surface area contributed by atoms with Gasteiger partial charge < -0.3 is 5.11 Å². The van der Waals surface area contributed by atoms with Crippen molar-refractivity contribution in [3.63, 3.8) is 0 Å². The fraction of sp³-hybridized carbons (Fsp3) is 0.0833. The smallest absolute Gasteiger partial charge is 0.143 e. The van der Waals surface area contributed by atoms with Crippen molar-refractivity contribution in [2.45, 2.75) is 12.5 Å². The zero-order valence-electron chi connectivity index (χ0n) is 14.3. The fourth-order valence-electron chi connectivity index (χ4n) is 4.40. The molecule has 5 rings (SSSR count). The van der Waals surface area contributed by atoms with Crippen LogP contribution >= 0.6 is 15.9 Å². The normalized spacial score (nSPS) is 18.0. The molecule has 0 aliphatic heterocycles. The second-order valence-corrected chi connectivity index (χ2v) is 7.75. The molecule has 0 heterocycles. The Bertz CT molecular complexity index is 1180. The van der Waals surface area contributed by atoms with Crippen molar-refractivity contribution in [1.82, 2.24) is 0 Å². The number of rotatable bonds is 1. The zero-order chi connectivity index (χ0) is 17.9. The van der Waals surface area contributed by atoms with Crippen molar-refractivity contribution >= 4 is 26.7 Å². The Labute approximate surface area is 161 Å². The average molecular weight is 401 g/mol. The summed E-state index contributed by atoms with van der Waals surface area (Å²) in [6.45, 7) is 2.08. The topological polar surface area (TPSA) is 20.2 Å². The van der Waals surface area contributed by atoms with Crippen LogP contribution in [0, 0.1) is 6.92 Å². The van der Waals surface area contributed by atoms with Crippen LogP contribution in [0.5, 0.6) is 0 Å². The van der Waals surface area contributed by atoms with Crippen molar-refractivity contribution in [3.8, 4) is 11.1 Å².